The fraction of sp³-hybridized carbons (Fsp3) is 0.385. The van der Waals surface area contributed by atoms with Crippen molar-refractivity contribution in [1.29, 1.82) is 0 Å². The number of aliphatic carboxylic acids is 1. The number of carbonyl (C=O) groups is 2. The largest absolute Gasteiger partial charge is 0.480 e. The van der Waals surface area contributed by atoms with Gasteiger partial charge >= 0.3 is 12.1 Å². The first-order valence-electron chi connectivity index (χ1n) is 10.9. The molecule has 0 radical (unpaired) electrons. The van der Waals surface area contributed by atoms with Crippen molar-refractivity contribution in [3.63, 3.8) is 0 Å². The number of hydrogen-bond acceptors (Lipinski definition) is 3. The number of alkyl carbamates (subject to hydrolysis) is 1. The molecule has 0 bridgehead atoms. The summed E-state index contributed by atoms with van der Waals surface area (Å²) in [6, 6.07) is 14.9. The van der Waals surface area contributed by atoms with E-state index in [1.54, 1.807) is 0 Å². The van der Waals surface area contributed by atoms with Gasteiger partial charge in [0.25, 0.3) is 0 Å². The number of nitrogens with one attached hydrogen (secondary N) is 1. The molecule has 1 amide bonds. The molecular weight excluding hydrogens is 404 g/mol. The van der Waals surface area contributed by atoms with Gasteiger partial charge in [-0.2, -0.15) is 0 Å². The summed E-state index contributed by atoms with van der Waals surface area (Å²) in [5, 5.41) is 12.4. The van der Waals surface area contributed by atoms with Crippen molar-refractivity contribution in [3.05, 3.63) is 59.7 Å². The van der Waals surface area contributed by atoms with Gasteiger partial charge in [0.2, 0.25) is 0 Å². The molecule has 1 fully saturated rings. The van der Waals surface area contributed by atoms with Gasteiger partial charge in [-0.05, 0) is 22.3 Å². The quantitative estimate of drug-likeness (QED) is 0.559. The van der Waals surface area contributed by atoms with E-state index < -0.39 is 23.5 Å². The Labute approximate surface area is 188 Å². The Kier molecular flexibility index (Phi) is 5.70. The lowest BCUT2D eigenvalue weighted by molar-refractivity contribution is -0.897. The van der Waals surface area contributed by atoms with Gasteiger partial charge in [-0.1, -0.05) is 54.5 Å². The van der Waals surface area contributed by atoms with E-state index in [-0.39, 0.29) is 12.5 Å². The van der Waals surface area contributed by atoms with E-state index in [4.69, 9.17) is 11.2 Å². The van der Waals surface area contributed by atoms with E-state index >= 15 is 0 Å². The van der Waals surface area contributed by atoms with E-state index in [0.717, 1.165) is 39.8 Å². The summed E-state index contributed by atoms with van der Waals surface area (Å²) in [6.45, 7) is 1.62. The molecule has 0 unspecified atom stereocenters. The predicted molar refractivity (Wildman–Crippen MR) is 122 cm³/mol. The number of fused-ring (bicyclic) bond motifs is 3. The normalized spacial score (nSPS) is 19.2. The highest BCUT2D eigenvalue weighted by atomic mass is 16.5. The maximum atomic E-state index is 12.7. The lowest BCUT2D eigenvalue weighted by Crippen LogP contribution is -2.59. The highest BCUT2D eigenvalue weighted by Crippen LogP contribution is 2.44. The summed E-state index contributed by atoms with van der Waals surface area (Å²) >= 11 is 0. The van der Waals surface area contributed by atoms with Gasteiger partial charge in [-0.3, -0.25) is 0 Å². The molecule has 0 aromatic heterocycles. The number of likely N-dealkylation sites (tertiary alicyclic amines) is 1. The second-order valence-corrected chi connectivity index (χ2v) is 9.42. The number of hydrogen-bond donors (Lipinski definition) is 2. The molecule has 6 heteroatoms. The topological polar surface area (TPSA) is 75.6 Å². The fourth-order valence-corrected chi connectivity index (χ4v) is 4.95. The Hall–Kier alpha value is -3.30. The second-order valence-electron chi connectivity index (χ2n) is 9.42. The maximum absolute atomic E-state index is 12.7. The van der Waals surface area contributed by atoms with Gasteiger partial charge in [0.15, 0.2) is 0 Å². The molecule has 166 valence electrons. The highest BCUT2D eigenvalue weighted by Gasteiger charge is 2.48. The van der Waals surface area contributed by atoms with Crippen LogP contribution in [-0.2, 0) is 9.53 Å². The van der Waals surface area contributed by atoms with E-state index in [0.29, 0.717) is 12.8 Å². The number of carbonyl (C=O) groups excluding carboxylic acids is 1. The zero-order valence-corrected chi connectivity index (χ0v) is 18.5. The molecular formula is C26H29N2O4+. The number of rotatable bonds is 5. The first kappa shape index (κ1) is 21.9. The number of amides is 1. The van der Waals surface area contributed by atoms with Crippen molar-refractivity contribution < 1.29 is 23.9 Å². The minimum Gasteiger partial charge on any atom is -0.480 e. The Bertz CT molecular complexity index is 1030. The van der Waals surface area contributed by atoms with Crippen LogP contribution < -0.4 is 5.32 Å². The van der Waals surface area contributed by atoms with Crippen molar-refractivity contribution in [2.24, 2.45) is 5.41 Å². The number of carboxylic acid groups (broad SMARTS) is 1. The van der Waals surface area contributed by atoms with Crippen molar-refractivity contribution in [2.75, 3.05) is 33.8 Å². The summed E-state index contributed by atoms with van der Waals surface area (Å²) in [4.78, 5) is 24.8. The molecule has 1 aliphatic heterocycles. The van der Waals surface area contributed by atoms with E-state index in [1.807, 2.05) is 36.4 Å². The van der Waals surface area contributed by atoms with Crippen molar-refractivity contribution in [2.45, 2.75) is 24.8 Å². The van der Waals surface area contributed by atoms with Gasteiger partial charge in [-0.25, -0.2) is 9.59 Å². The number of ether oxygens (including phenoxy) is 1. The van der Waals surface area contributed by atoms with Crippen molar-refractivity contribution >= 4 is 12.1 Å². The Morgan fingerprint density at radius 1 is 1.12 bits per heavy atom. The third-order valence-corrected chi connectivity index (χ3v) is 7.02. The number of carboxylic acids is 1. The first-order chi connectivity index (χ1) is 15.3. The number of terminal acetylenes is 1. The Morgan fingerprint density at radius 3 is 2.16 bits per heavy atom. The van der Waals surface area contributed by atoms with Crippen LogP contribution in [0.5, 0.6) is 0 Å². The SMILES string of the molecule is C#CC1([C@@H](NC(=O)OCC2c3ccccc3-c3ccccc32)C(=O)O)CC[N+](C)(C)CC1. The molecule has 0 saturated carbocycles. The van der Waals surface area contributed by atoms with Crippen molar-refractivity contribution in [1.82, 2.24) is 5.32 Å². The smallest absolute Gasteiger partial charge is 0.407 e. The number of benzene rings is 2. The van der Waals surface area contributed by atoms with E-state index in [2.05, 4.69) is 37.5 Å². The maximum Gasteiger partial charge on any atom is 0.407 e. The molecule has 2 aromatic carbocycles. The molecule has 1 aliphatic carbocycles. The third kappa shape index (κ3) is 3.96. The van der Waals surface area contributed by atoms with Crippen LogP contribution in [0.25, 0.3) is 11.1 Å². The minimum atomic E-state index is -1.19. The molecule has 1 heterocycles. The van der Waals surface area contributed by atoms with Crippen LogP contribution in [0.2, 0.25) is 0 Å². The van der Waals surface area contributed by atoms with Gasteiger partial charge in [-0.15, -0.1) is 6.42 Å². The Morgan fingerprint density at radius 2 is 1.66 bits per heavy atom. The Balaban J connectivity index is 1.47. The average Bonchev–Trinajstić information content (AvgIpc) is 3.10. The summed E-state index contributed by atoms with van der Waals surface area (Å²) in [5.41, 5.74) is 3.54. The number of piperidine rings is 1. The van der Waals surface area contributed by atoms with Gasteiger partial charge < -0.3 is 19.6 Å². The fourth-order valence-electron chi connectivity index (χ4n) is 4.95. The van der Waals surface area contributed by atoms with Crippen LogP contribution in [0.4, 0.5) is 4.79 Å². The molecule has 2 N–H and O–H groups in total. The van der Waals surface area contributed by atoms with E-state index in [9.17, 15) is 14.7 Å². The van der Waals surface area contributed by atoms with Crippen LogP contribution >= 0.6 is 0 Å². The zero-order chi connectivity index (χ0) is 22.9. The second kappa shape index (κ2) is 8.33. The van der Waals surface area contributed by atoms with Crippen LogP contribution in [0.3, 0.4) is 0 Å². The molecule has 6 nitrogen and oxygen atoms in total. The third-order valence-electron chi connectivity index (χ3n) is 7.02. The molecule has 1 saturated heterocycles. The summed E-state index contributed by atoms with van der Waals surface area (Å²) in [7, 11) is 4.18. The minimum absolute atomic E-state index is 0.0919. The van der Waals surface area contributed by atoms with Gasteiger partial charge in [0.05, 0.1) is 32.6 Å². The molecule has 4 rings (SSSR count). The van der Waals surface area contributed by atoms with Gasteiger partial charge in [0, 0.05) is 18.8 Å². The number of quaternary nitrogens is 1. The standard InChI is InChI=1S/C26H28N2O4/c1-4-26(13-15-28(2,3)16-14-26)23(24(29)30)27-25(31)32-17-22-20-11-7-5-9-18(20)19-10-6-8-12-21(19)22/h1,5-12,22-23H,13-17H2,2-3H3,(H-,27,29,30,31)/p+1/t23-/m0/s1. The average molecular weight is 434 g/mol. The lowest BCUT2D eigenvalue weighted by Gasteiger charge is -2.44. The number of nitrogens with zero attached hydrogens (tertiary/aromatic N) is 1. The zero-order valence-electron chi connectivity index (χ0n) is 18.5. The molecule has 2 aliphatic rings. The molecule has 2 aromatic rings. The summed E-state index contributed by atoms with van der Waals surface area (Å²) in [5.74, 6) is 1.48. The highest BCUT2D eigenvalue weighted by molar-refractivity contribution is 5.82. The van der Waals surface area contributed by atoms with Crippen LogP contribution in [0, 0.1) is 17.8 Å². The lowest BCUT2D eigenvalue weighted by atomic mass is 9.72. The summed E-state index contributed by atoms with van der Waals surface area (Å²) < 4.78 is 6.33. The predicted octanol–water partition coefficient (Wildman–Crippen LogP) is 3.47. The first-order valence-corrected chi connectivity index (χ1v) is 10.9. The molecule has 0 spiro atoms. The molecule has 32 heavy (non-hydrogen) atoms. The van der Waals surface area contributed by atoms with Crippen LogP contribution in [0.15, 0.2) is 48.5 Å². The van der Waals surface area contributed by atoms with Gasteiger partial charge in [0.1, 0.15) is 12.6 Å². The summed E-state index contributed by atoms with van der Waals surface area (Å²) in [6.07, 6.45) is 6.10. The monoisotopic (exact) mass is 433 g/mol. The van der Waals surface area contributed by atoms with Crippen molar-refractivity contribution in [3.8, 4) is 23.5 Å². The van der Waals surface area contributed by atoms with Crippen LogP contribution in [0.1, 0.15) is 29.9 Å². The van der Waals surface area contributed by atoms with Crippen LogP contribution in [-0.4, -0.2) is 61.5 Å². The molecule has 1 atom stereocenters. The van der Waals surface area contributed by atoms with E-state index in [1.165, 1.54) is 0 Å².